The summed E-state index contributed by atoms with van der Waals surface area (Å²) < 4.78 is 10.8. The molecule has 0 radical (unpaired) electrons. The maximum Gasteiger partial charge on any atom is 0.250 e. The molecule has 2 heterocycles. The Bertz CT molecular complexity index is 617. The summed E-state index contributed by atoms with van der Waals surface area (Å²) in [6, 6.07) is 5.20. The summed E-state index contributed by atoms with van der Waals surface area (Å²) >= 11 is 6.14. The van der Waals surface area contributed by atoms with Gasteiger partial charge in [0.2, 0.25) is 11.8 Å². The second kappa shape index (κ2) is 7.96. The lowest BCUT2D eigenvalue weighted by atomic mass is 10.2. The van der Waals surface area contributed by atoms with Crippen LogP contribution in [0.4, 0.5) is 11.4 Å². The minimum Gasteiger partial charge on any atom is -0.376 e. The van der Waals surface area contributed by atoms with Gasteiger partial charge in [0.05, 0.1) is 23.4 Å². The normalized spacial score (nSPS) is 20.6. The molecule has 0 saturated carbocycles. The number of carbonyl (C=O) groups excluding carboxylic acids is 2. The molecule has 2 aliphatic heterocycles. The van der Waals surface area contributed by atoms with Crippen LogP contribution in [0.5, 0.6) is 0 Å². The van der Waals surface area contributed by atoms with Crippen LogP contribution < -0.4 is 10.2 Å². The minimum atomic E-state index is -0.278. The van der Waals surface area contributed by atoms with Crippen molar-refractivity contribution in [2.45, 2.75) is 31.8 Å². The number of nitrogens with one attached hydrogen (secondary N) is 1. The molecule has 2 aliphatic rings. The van der Waals surface area contributed by atoms with Crippen LogP contribution in [0.1, 0.15) is 25.7 Å². The molecular formula is C17H21ClN2O4. The highest BCUT2D eigenvalue weighted by Gasteiger charge is 2.22. The third-order valence-electron chi connectivity index (χ3n) is 4.17. The van der Waals surface area contributed by atoms with Gasteiger partial charge < -0.3 is 19.7 Å². The topological polar surface area (TPSA) is 67.9 Å². The molecule has 6 nitrogen and oxygen atoms in total. The fourth-order valence-corrected chi connectivity index (χ4v) is 3.11. The SMILES string of the molecule is O=C(COCC1CCCO1)Nc1cc(N2CCCC2=O)ccc1Cl. The van der Waals surface area contributed by atoms with Crippen LogP contribution in [-0.2, 0) is 19.1 Å². The average molecular weight is 353 g/mol. The van der Waals surface area contributed by atoms with E-state index < -0.39 is 0 Å². The first kappa shape index (κ1) is 17.2. The lowest BCUT2D eigenvalue weighted by Gasteiger charge is -2.17. The first-order chi connectivity index (χ1) is 11.6. The van der Waals surface area contributed by atoms with Crippen molar-refractivity contribution in [3.05, 3.63) is 23.2 Å². The number of hydrogen-bond acceptors (Lipinski definition) is 4. The molecule has 0 aliphatic carbocycles. The Morgan fingerprint density at radius 2 is 2.29 bits per heavy atom. The number of ether oxygens (including phenoxy) is 2. The molecule has 1 unspecified atom stereocenters. The van der Waals surface area contributed by atoms with E-state index in [-0.39, 0.29) is 24.5 Å². The molecule has 2 fully saturated rings. The van der Waals surface area contributed by atoms with Crippen molar-refractivity contribution in [2.24, 2.45) is 0 Å². The quantitative estimate of drug-likeness (QED) is 0.854. The van der Waals surface area contributed by atoms with Gasteiger partial charge >= 0.3 is 0 Å². The Morgan fingerprint density at radius 3 is 3.00 bits per heavy atom. The van der Waals surface area contributed by atoms with Gasteiger partial charge in [0.15, 0.2) is 0 Å². The number of anilines is 2. The molecule has 1 aromatic carbocycles. The molecule has 0 bridgehead atoms. The van der Waals surface area contributed by atoms with Crippen LogP contribution >= 0.6 is 11.6 Å². The Kier molecular flexibility index (Phi) is 5.71. The molecule has 7 heteroatoms. The van der Waals surface area contributed by atoms with Crippen LogP contribution in [0.25, 0.3) is 0 Å². The lowest BCUT2D eigenvalue weighted by Crippen LogP contribution is -2.24. The van der Waals surface area contributed by atoms with E-state index in [1.165, 1.54) is 0 Å². The van der Waals surface area contributed by atoms with Gasteiger partial charge in [-0.05, 0) is 37.5 Å². The molecule has 24 heavy (non-hydrogen) atoms. The van der Waals surface area contributed by atoms with E-state index in [2.05, 4.69) is 5.32 Å². The maximum atomic E-state index is 12.0. The van der Waals surface area contributed by atoms with Crippen molar-refractivity contribution in [3.63, 3.8) is 0 Å². The van der Waals surface area contributed by atoms with Gasteiger partial charge in [0.25, 0.3) is 0 Å². The molecule has 3 rings (SSSR count). The van der Waals surface area contributed by atoms with Crippen molar-refractivity contribution in [3.8, 4) is 0 Å². The van der Waals surface area contributed by atoms with E-state index in [0.717, 1.165) is 31.6 Å². The number of benzene rings is 1. The van der Waals surface area contributed by atoms with E-state index in [1.807, 2.05) is 0 Å². The zero-order valence-corrected chi connectivity index (χ0v) is 14.2. The Balaban J connectivity index is 1.55. The van der Waals surface area contributed by atoms with Crippen LogP contribution in [0.2, 0.25) is 5.02 Å². The van der Waals surface area contributed by atoms with E-state index in [1.54, 1.807) is 23.1 Å². The van der Waals surface area contributed by atoms with Crippen LogP contribution in [0, 0.1) is 0 Å². The van der Waals surface area contributed by atoms with Crippen LogP contribution in [-0.4, -0.2) is 44.3 Å². The Labute approximate surface area is 146 Å². The predicted octanol–water partition coefficient (Wildman–Crippen LogP) is 2.60. The third kappa shape index (κ3) is 4.26. The number of rotatable bonds is 6. The highest BCUT2D eigenvalue weighted by Crippen LogP contribution is 2.29. The van der Waals surface area contributed by atoms with E-state index in [4.69, 9.17) is 21.1 Å². The molecular weight excluding hydrogens is 332 g/mol. The minimum absolute atomic E-state index is 0.0525. The van der Waals surface area contributed by atoms with Crippen molar-refractivity contribution in [1.82, 2.24) is 0 Å². The predicted molar refractivity (Wildman–Crippen MR) is 91.5 cm³/mol. The van der Waals surface area contributed by atoms with Crippen molar-refractivity contribution < 1.29 is 19.1 Å². The second-order valence-corrected chi connectivity index (χ2v) is 6.42. The van der Waals surface area contributed by atoms with Gasteiger partial charge in [-0.2, -0.15) is 0 Å². The van der Waals surface area contributed by atoms with E-state index in [0.29, 0.717) is 30.3 Å². The Hall–Kier alpha value is -1.63. The monoisotopic (exact) mass is 352 g/mol. The fourth-order valence-electron chi connectivity index (χ4n) is 2.94. The lowest BCUT2D eigenvalue weighted by molar-refractivity contribution is -0.121. The summed E-state index contributed by atoms with van der Waals surface area (Å²) in [5.41, 5.74) is 1.23. The van der Waals surface area contributed by atoms with Crippen molar-refractivity contribution in [1.29, 1.82) is 0 Å². The van der Waals surface area contributed by atoms with Gasteiger partial charge in [0, 0.05) is 25.3 Å². The second-order valence-electron chi connectivity index (χ2n) is 6.01. The zero-order valence-electron chi connectivity index (χ0n) is 13.4. The molecule has 2 saturated heterocycles. The summed E-state index contributed by atoms with van der Waals surface area (Å²) in [6.45, 7) is 1.82. The molecule has 1 aromatic rings. The van der Waals surface area contributed by atoms with Gasteiger partial charge in [-0.1, -0.05) is 11.6 Å². The summed E-state index contributed by atoms with van der Waals surface area (Å²) in [5, 5.41) is 3.17. The average Bonchev–Trinajstić information content (AvgIpc) is 3.21. The highest BCUT2D eigenvalue weighted by molar-refractivity contribution is 6.33. The number of amides is 2. The fraction of sp³-hybridized carbons (Fsp3) is 0.529. The van der Waals surface area contributed by atoms with Crippen LogP contribution in [0.15, 0.2) is 18.2 Å². The van der Waals surface area contributed by atoms with E-state index in [9.17, 15) is 9.59 Å². The van der Waals surface area contributed by atoms with Gasteiger partial charge in [-0.25, -0.2) is 0 Å². The Morgan fingerprint density at radius 1 is 1.42 bits per heavy atom. The van der Waals surface area contributed by atoms with Gasteiger partial charge in [-0.15, -0.1) is 0 Å². The van der Waals surface area contributed by atoms with Crippen molar-refractivity contribution in [2.75, 3.05) is 36.6 Å². The van der Waals surface area contributed by atoms with Gasteiger partial charge in [0.1, 0.15) is 6.61 Å². The molecule has 0 aromatic heterocycles. The highest BCUT2D eigenvalue weighted by atomic mass is 35.5. The standard InChI is InChI=1S/C17H21ClN2O4/c18-14-6-5-12(20-7-1-4-17(20)22)9-15(14)19-16(21)11-23-10-13-3-2-8-24-13/h5-6,9,13H,1-4,7-8,10-11H2,(H,19,21). The van der Waals surface area contributed by atoms with Crippen molar-refractivity contribution >= 4 is 34.8 Å². The smallest absolute Gasteiger partial charge is 0.250 e. The summed E-state index contributed by atoms with van der Waals surface area (Å²) in [5.74, 6) is -0.186. The molecule has 0 spiro atoms. The summed E-state index contributed by atoms with van der Waals surface area (Å²) in [4.78, 5) is 25.6. The third-order valence-corrected chi connectivity index (χ3v) is 4.50. The summed E-state index contributed by atoms with van der Waals surface area (Å²) in [6.07, 6.45) is 3.50. The maximum absolute atomic E-state index is 12.0. The number of carbonyl (C=O) groups is 2. The largest absolute Gasteiger partial charge is 0.376 e. The van der Waals surface area contributed by atoms with Crippen LogP contribution in [0.3, 0.4) is 0 Å². The zero-order chi connectivity index (χ0) is 16.9. The first-order valence-electron chi connectivity index (χ1n) is 8.22. The summed E-state index contributed by atoms with van der Waals surface area (Å²) in [7, 11) is 0. The molecule has 1 N–H and O–H groups in total. The first-order valence-corrected chi connectivity index (χ1v) is 8.60. The van der Waals surface area contributed by atoms with E-state index >= 15 is 0 Å². The molecule has 1 atom stereocenters. The molecule has 2 amide bonds. The van der Waals surface area contributed by atoms with Gasteiger partial charge in [-0.3, -0.25) is 9.59 Å². The number of halogens is 1. The molecule has 130 valence electrons. The number of nitrogens with zero attached hydrogens (tertiary/aromatic N) is 1. The number of hydrogen-bond donors (Lipinski definition) is 1.